The first-order valence-electron chi connectivity index (χ1n) is 8.55. The number of nitrogens with zero attached hydrogens (tertiary/aromatic N) is 4. The highest BCUT2D eigenvalue weighted by Crippen LogP contribution is 2.22. The summed E-state index contributed by atoms with van der Waals surface area (Å²) in [6.45, 7) is 5.93. The molecule has 0 bridgehead atoms. The van der Waals surface area contributed by atoms with Gasteiger partial charge in [-0.3, -0.25) is 9.78 Å². The number of pyridine rings is 1. The molecule has 0 saturated heterocycles. The van der Waals surface area contributed by atoms with Crippen LogP contribution < -0.4 is 5.32 Å². The normalized spacial score (nSPS) is 12.6. The number of nitrogens with one attached hydrogen (secondary N) is 1. The van der Waals surface area contributed by atoms with Crippen LogP contribution in [-0.2, 0) is 6.42 Å². The molecule has 0 saturated carbocycles. The summed E-state index contributed by atoms with van der Waals surface area (Å²) in [5.41, 5.74) is 6.03. The summed E-state index contributed by atoms with van der Waals surface area (Å²) < 4.78 is 1.72. The van der Waals surface area contributed by atoms with Crippen LogP contribution in [0.3, 0.4) is 0 Å². The van der Waals surface area contributed by atoms with Crippen molar-refractivity contribution in [3.63, 3.8) is 0 Å². The number of aryl methyl sites for hydroxylation is 2. The quantitative estimate of drug-likeness (QED) is 0.598. The van der Waals surface area contributed by atoms with Crippen LogP contribution in [0.25, 0.3) is 15.9 Å². The lowest BCUT2D eigenvalue weighted by Gasteiger charge is -2.14. The summed E-state index contributed by atoms with van der Waals surface area (Å²) in [5, 5.41) is 8.12. The highest BCUT2D eigenvalue weighted by atomic mass is 32.1. The maximum atomic E-state index is 13.0. The Balaban J connectivity index is 1.67. The number of amides is 1. The number of carbonyl (C=O) groups is 1. The maximum Gasteiger partial charge on any atom is 0.252 e. The Bertz CT molecular complexity index is 1090. The number of benzene rings is 1. The Labute approximate surface area is 154 Å². The standard InChI is InChI=1S/C19H19N5OS/c1-4-13-5-6-16-14(8-13)15(7-11(2)21-16)18(25)22-12(3)17-9-24-19(23-17)26-10-20-24/h5-10,12H,4H2,1-3H3,(H,22,25)/t12-/m0/s1. The molecule has 0 spiro atoms. The molecule has 0 aliphatic rings. The maximum absolute atomic E-state index is 13.0. The lowest BCUT2D eigenvalue weighted by Crippen LogP contribution is -2.27. The topological polar surface area (TPSA) is 72.2 Å². The van der Waals surface area contributed by atoms with Gasteiger partial charge in [0.1, 0.15) is 5.51 Å². The third kappa shape index (κ3) is 2.94. The van der Waals surface area contributed by atoms with E-state index in [2.05, 4.69) is 39.4 Å². The zero-order chi connectivity index (χ0) is 18.3. The molecule has 4 rings (SSSR count). The minimum Gasteiger partial charge on any atom is -0.344 e. The Morgan fingerprint density at radius 3 is 2.92 bits per heavy atom. The molecular formula is C19H19N5OS. The zero-order valence-electron chi connectivity index (χ0n) is 14.9. The molecule has 4 aromatic rings. The Kier molecular flexibility index (Phi) is 4.16. The first kappa shape index (κ1) is 16.7. The van der Waals surface area contributed by atoms with Crippen LogP contribution in [0.4, 0.5) is 0 Å². The largest absolute Gasteiger partial charge is 0.344 e. The molecule has 1 atom stereocenters. The number of hydrogen-bond donors (Lipinski definition) is 1. The van der Waals surface area contributed by atoms with Crippen molar-refractivity contribution >= 4 is 33.1 Å². The molecule has 132 valence electrons. The van der Waals surface area contributed by atoms with Crippen molar-refractivity contribution in [3.05, 3.63) is 58.5 Å². The summed E-state index contributed by atoms with van der Waals surface area (Å²) in [5.74, 6) is -0.120. The average molecular weight is 365 g/mol. The van der Waals surface area contributed by atoms with Gasteiger partial charge in [-0.25, -0.2) is 9.50 Å². The predicted molar refractivity (Wildman–Crippen MR) is 103 cm³/mol. The van der Waals surface area contributed by atoms with E-state index in [9.17, 15) is 4.79 Å². The van der Waals surface area contributed by atoms with Gasteiger partial charge in [-0.15, -0.1) is 0 Å². The van der Waals surface area contributed by atoms with Gasteiger partial charge >= 0.3 is 0 Å². The Hall–Kier alpha value is -2.80. The van der Waals surface area contributed by atoms with Crippen molar-refractivity contribution in [2.75, 3.05) is 0 Å². The van der Waals surface area contributed by atoms with Gasteiger partial charge in [-0.2, -0.15) is 5.10 Å². The first-order valence-corrected chi connectivity index (χ1v) is 9.43. The van der Waals surface area contributed by atoms with Crippen molar-refractivity contribution in [3.8, 4) is 0 Å². The van der Waals surface area contributed by atoms with E-state index >= 15 is 0 Å². The molecule has 26 heavy (non-hydrogen) atoms. The minimum atomic E-state index is -0.214. The summed E-state index contributed by atoms with van der Waals surface area (Å²) in [6, 6.07) is 7.73. The van der Waals surface area contributed by atoms with Gasteiger partial charge < -0.3 is 5.32 Å². The summed E-state index contributed by atoms with van der Waals surface area (Å²) >= 11 is 1.47. The van der Waals surface area contributed by atoms with Crippen LogP contribution in [0.1, 0.15) is 47.2 Å². The number of imidazole rings is 1. The molecule has 0 unspecified atom stereocenters. The van der Waals surface area contributed by atoms with Gasteiger partial charge in [0.05, 0.1) is 29.0 Å². The molecule has 7 heteroatoms. The van der Waals surface area contributed by atoms with E-state index in [4.69, 9.17) is 0 Å². The molecule has 1 aromatic carbocycles. The van der Waals surface area contributed by atoms with E-state index < -0.39 is 0 Å². The van der Waals surface area contributed by atoms with Crippen molar-refractivity contribution in [2.45, 2.75) is 33.2 Å². The van der Waals surface area contributed by atoms with Crippen molar-refractivity contribution in [2.24, 2.45) is 0 Å². The molecule has 0 fully saturated rings. The smallest absolute Gasteiger partial charge is 0.252 e. The van der Waals surface area contributed by atoms with Crippen molar-refractivity contribution in [1.29, 1.82) is 0 Å². The number of carbonyl (C=O) groups excluding carboxylic acids is 1. The molecule has 0 aliphatic carbocycles. The average Bonchev–Trinajstić information content (AvgIpc) is 3.22. The van der Waals surface area contributed by atoms with E-state index in [1.54, 1.807) is 10.0 Å². The molecular weight excluding hydrogens is 346 g/mol. The predicted octanol–water partition coefficient (Wildman–Crippen LogP) is 3.70. The van der Waals surface area contributed by atoms with Crippen LogP contribution in [-0.4, -0.2) is 25.5 Å². The van der Waals surface area contributed by atoms with Crippen LogP contribution in [0.5, 0.6) is 0 Å². The fourth-order valence-electron chi connectivity index (χ4n) is 3.03. The molecule has 0 aliphatic heterocycles. The Morgan fingerprint density at radius 1 is 1.31 bits per heavy atom. The van der Waals surface area contributed by atoms with Crippen LogP contribution in [0.2, 0.25) is 0 Å². The summed E-state index contributed by atoms with van der Waals surface area (Å²) in [4.78, 5) is 22.8. The highest BCUT2D eigenvalue weighted by Gasteiger charge is 2.18. The summed E-state index contributed by atoms with van der Waals surface area (Å²) in [6.07, 6.45) is 2.77. The van der Waals surface area contributed by atoms with Gasteiger partial charge in [0.2, 0.25) is 4.96 Å². The van der Waals surface area contributed by atoms with Gasteiger partial charge in [0, 0.05) is 11.1 Å². The second kappa shape index (κ2) is 6.49. The van der Waals surface area contributed by atoms with E-state index in [1.807, 2.05) is 32.2 Å². The zero-order valence-corrected chi connectivity index (χ0v) is 15.7. The first-order chi connectivity index (χ1) is 12.5. The molecule has 3 aromatic heterocycles. The van der Waals surface area contributed by atoms with E-state index in [0.717, 1.165) is 33.7 Å². The number of hydrogen-bond acceptors (Lipinski definition) is 5. The van der Waals surface area contributed by atoms with E-state index in [0.29, 0.717) is 5.56 Å². The SMILES string of the molecule is CCc1ccc2nc(C)cc(C(=O)N[C@@H](C)c3cn4ncsc4n3)c2c1. The van der Waals surface area contributed by atoms with Crippen molar-refractivity contribution < 1.29 is 4.79 Å². The fourth-order valence-corrected chi connectivity index (χ4v) is 3.63. The van der Waals surface area contributed by atoms with Gasteiger partial charge in [0.25, 0.3) is 5.91 Å². The second-order valence-electron chi connectivity index (χ2n) is 6.34. The van der Waals surface area contributed by atoms with Crippen LogP contribution in [0.15, 0.2) is 36.0 Å². The molecule has 6 nitrogen and oxygen atoms in total. The molecule has 0 radical (unpaired) electrons. The molecule has 1 N–H and O–H groups in total. The minimum absolute atomic E-state index is 0.120. The number of rotatable bonds is 4. The highest BCUT2D eigenvalue weighted by molar-refractivity contribution is 7.14. The van der Waals surface area contributed by atoms with Gasteiger partial charge in [-0.05, 0) is 44.0 Å². The van der Waals surface area contributed by atoms with Crippen molar-refractivity contribution in [1.82, 2.24) is 24.9 Å². The fraction of sp³-hybridized carbons (Fsp3) is 0.263. The van der Waals surface area contributed by atoms with E-state index in [-0.39, 0.29) is 11.9 Å². The van der Waals surface area contributed by atoms with Gasteiger partial charge in [-0.1, -0.05) is 24.3 Å². The second-order valence-corrected chi connectivity index (χ2v) is 7.15. The van der Waals surface area contributed by atoms with E-state index in [1.165, 1.54) is 16.9 Å². The molecule has 1 amide bonds. The third-order valence-corrected chi connectivity index (χ3v) is 5.14. The monoisotopic (exact) mass is 365 g/mol. The van der Waals surface area contributed by atoms with Crippen LogP contribution >= 0.6 is 11.3 Å². The summed E-state index contributed by atoms with van der Waals surface area (Å²) in [7, 11) is 0. The lowest BCUT2D eigenvalue weighted by atomic mass is 10.0. The molecule has 3 heterocycles. The lowest BCUT2D eigenvalue weighted by molar-refractivity contribution is 0.0940. The van der Waals surface area contributed by atoms with Crippen LogP contribution in [0, 0.1) is 6.92 Å². The van der Waals surface area contributed by atoms with Gasteiger partial charge in [0.15, 0.2) is 0 Å². The Morgan fingerprint density at radius 2 is 2.15 bits per heavy atom. The number of aromatic nitrogens is 4. The number of fused-ring (bicyclic) bond motifs is 2. The third-order valence-electron chi connectivity index (χ3n) is 4.45.